The second kappa shape index (κ2) is 5.61. The molecule has 0 atom stereocenters. The Morgan fingerprint density at radius 1 is 1.69 bits per heavy atom. The molecular formula is C11H13N3O2. The van der Waals surface area contributed by atoms with Crippen LogP contribution in [0.1, 0.15) is 12.5 Å². The number of rotatable bonds is 2. The molecule has 0 saturated carbocycles. The van der Waals surface area contributed by atoms with Crippen LogP contribution in [-0.4, -0.2) is 24.5 Å². The van der Waals surface area contributed by atoms with Crippen LogP contribution in [0.15, 0.2) is 12.3 Å². The lowest BCUT2D eigenvalue weighted by molar-refractivity contribution is -0.118. The number of anilines is 1. The molecule has 0 fully saturated rings. The number of ether oxygens (including phenoxy) is 1. The van der Waals surface area contributed by atoms with Crippen molar-refractivity contribution in [1.82, 2.24) is 10.3 Å². The lowest BCUT2D eigenvalue weighted by Gasteiger charge is -2.02. The molecule has 84 valence electrons. The van der Waals surface area contributed by atoms with E-state index in [1.165, 1.54) is 14.0 Å². The average molecular weight is 219 g/mol. The van der Waals surface area contributed by atoms with Gasteiger partial charge in [-0.3, -0.25) is 4.79 Å². The van der Waals surface area contributed by atoms with E-state index in [1.807, 2.05) is 0 Å². The van der Waals surface area contributed by atoms with E-state index in [1.54, 1.807) is 12.3 Å². The highest BCUT2D eigenvalue weighted by molar-refractivity contribution is 5.73. The van der Waals surface area contributed by atoms with Gasteiger partial charge in [-0.25, -0.2) is 4.98 Å². The van der Waals surface area contributed by atoms with Crippen LogP contribution in [-0.2, 0) is 4.79 Å². The molecule has 1 aromatic heterocycles. The summed E-state index contributed by atoms with van der Waals surface area (Å²) in [5, 5.41) is 2.57. The van der Waals surface area contributed by atoms with Crippen LogP contribution in [0, 0.1) is 11.8 Å². The van der Waals surface area contributed by atoms with Gasteiger partial charge in [0.15, 0.2) is 11.6 Å². The fourth-order valence-electron chi connectivity index (χ4n) is 1.00. The predicted octanol–water partition coefficient (Wildman–Crippen LogP) is 0.160. The molecular weight excluding hydrogens is 206 g/mol. The topological polar surface area (TPSA) is 77.2 Å². The Hall–Kier alpha value is -2.22. The summed E-state index contributed by atoms with van der Waals surface area (Å²) < 4.78 is 5.01. The van der Waals surface area contributed by atoms with E-state index >= 15 is 0 Å². The van der Waals surface area contributed by atoms with Crippen molar-refractivity contribution in [2.75, 3.05) is 19.4 Å². The van der Waals surface area contributed by atoms with Crippen molar-refractivity contribution in [3.63, 3.8) is 0 Å². The molecule has 0 saturated heterocycles. The molecule has 0 radical (unpaired) electrons. The number of aromatic nitrogens is 1. The first kappa shape index (κ1) is 11.9. The molecule has 5 heteroatoms. The maximum atomic E-state index is 10.6. The smallest absolute Gasteiger partial charge is 0.217 e. The highest BCUT2D eigenvalue weighted by Gasteiger charge is 1.99. The summed E-state index contributed by atoms with van der Waals surface area (Å²) in [6, 6.07) is 1.70. The van der Waals surface area contributed by atoms with E-state index in [0.717, 1.165) is 0 Å². The van der Waals surface area contributed by atoms with E-state index in [2.05, 4.69) is 22.1 Å². The van der Waals surface area contributed by atoms with Gasteiger partial charge in [0.25, 0.3) is 0 Å². The minimum absolute atomic E-state index is 0.109. The van der Waals surface area contributed by atoms with Gasteiger partial charge >= 0.3 is 0 Å². The van der Waals surface area contributed by atoms with Crippen molar-refractivity contribution in [3.05, 3.63) is 17.8 Å². The maximum Gasteiger partial charge on any atom is 0.217 e. The third kappa shape index (κ3) is 3.50. The lowest BCUT2D eigenvalue weighted by Crippen LogP contribution is -2.19. The van der Waals surface area contributed by atoms with Gasteiger partial charge in [0.2, 0.25) is 5.91 Å². The van der Waals surface area contributed by atoms with Crippen molar-refractivity contribution in [2.24, 2.45) is 0 Å². The van der Waals surface area contributed by atoms with Crippen LogP contribution in [0.5, 0.6) is 5.75 Å². The van der Waals surface area contributed by atoms with Gasteiger partial charge < -0.3 is 15.8 Å². The molecule has 0 unspecified atom stereocenters. The van der Waals surface area contributed by atoms with Gasteiger partial charge in [-0.1, -0.05) is 11.8 Å². The second-order valence-electron chi connectivity index (χ2n) is 3.02. The zero-order chi connectivity index (χ0) is 12.0. The van der Waals surface area contributed by atoms with Crippen LogP contribution >= 0.6 is 0 Å². The van der Waals surface area contributed by atoms with Crippen molar-refractivity contribution in [1.29, 1.82) is 0 Å². The Labute approximate surface area is 94.0 Å². The van der Waals surface area contributed by atoms with Gasteiger partial charge in [0, 0.05) is 24.8 Å². The summed E-state index contributed by atoms with van der Waals surface area (Å²) in [5.41, 5.74) is 6.24. The lowest BCUT2D eigenvalue weighted by atomic mass is 10.2. The Morgan fingerprint density at radius 2 is 2.44 bits per heavy atom. The first-order valence-electron chi connectivity index (χ1n) is 4.66. The molecule has 0 spiro atoms. The highest BCUT2D eigenvalue weighted by Crippen LogP contribution is 2.18. The Morgan fingerprint density at radius 3 is 3.06 bits per heavy atom. The van der Waals surface area contributed by atoms with E-state index in [4.69, 9.17) is 10.5 Å². The molecule has 1 aromatic rings. The molecule has 0 aliphatic carbocycles. The zero-order valence-corrected chi connectivity index (χ0v) is 9.20. The van der Waals surface area contributed by atoms with E-state index in [-0.39, 0.29) is 5.91 Å². The van der Waals surface area contributed by atoms with E-state index < -0.39 is 0 Å². The number of hydrogen-bond acceptors (Lipinski definition) is 4. The number of nitrogens with zero attached hydrogens (tertiary/aromatic N) is 1. The number of nitrogens with one attached hydrogen (secondary N) is 1. The van der Waals surface area contributed by atoms with Gasteiger partial charge in [-0.05, 0) is 0 Å². The Bertz CT molecular complexity index is 446. The summed E-state index contributed by atoms with van der Waals surface area (Å²) >= 11 is 0. The summed E-state index contributed by atoms with van der Waals surface area (Å²) in [6.07, 6.45) is 1.55. The van der Waals surface area contributed by atoms with Crippen molar-refractivity contribution >= 4 is 11.7 Å². The standard InChI is InChI=1S/C11H13N3O2/c1-8(15)13-5-3-4-9-6-10(16-2)11(12)14-7-9/h6-7H,5H2,1-2H3,(H2,12,14)(H,13,15). The van der Waals surface area contributed by atoms with Gasteiger partial charge in [0.05, 0.1) is 13.7 Å². The number of pyridine rings is 1. The number of carbonyl (C=O) groups is 1. The zero-order valence-electron chi connectivity index (χ0n) is 9.20. The van der Waals surface area contributed by atoms with Crippen molar-refractivity contribution < 1.29 is 9.53 Å². The molecule has 3 N–H and O–H groups in total. The fraction of sp³-hybridized carbons (Fsp3) is 0.273. The second-order valence-corrected chi connectivity index (χ2v) is 3.02. The molecule has 1 heterocycles. The Kier molecular flexibility index (Phi) is 4.16. The van der Waals surface area contributed by atoms with E-state index in [9.17, 15) is 4.79 Å². The largest absolute Gasteiger partial charge is 0.493 e. The molecule has 1 amide bonds. The minimum atomic E-state index is -0.109. The number of nitrogen functional groups attached to an aromatic ring is 1. The molecule has 5 nitrogen and oxygen atoms in total. The summed E-state index contributed by atoms with van der Waals surface area (Å²) in [5.74, 6) is 6.34. The molecule has 0 aliphatic heterocycles. The number of hydrogen-bond donors (Lipinski definition) is 2. The molecule has 16 heavy (non-hydrogen) atoms. The molecule has 0 aromatic carbocycles. The number of methoxy groups -OCH3 is 1. The van der Waals surface area contributed by atoms with Crippen LogP contribution in [0.2, 0.25) is 0 Å². The predicted molar refractivity (Wildman–Crippen MR) is 60.8 cm³/mol. The van der Waals surface area contributed by atoms with Gasteiger partial charge in [-0.15, -0.1) is 0 Å². The van der Waals surface area contributed by atoms with Gasteiger partial charge in [-0.2, -0.15) is 0 Å². The Balaban J connectivity index is 2.70. The monoisotopic (exact) mass is 219 g/mol. The first-order chi connectivity index (χ1) is 7.63. The minimum Gasteiger partial charge on any atom is -0.493 e. The fourth-order valence-corrected chi connectivity index (χ4v) is 1.00. The highest BCUT2D eigenvalue weighted by atomic mass is 16.5. The summed E-state index contributed by atoms with van der Waals surface area (Å²) in [7, 11) is 1.52. The molecule has 0 aliphatic rings. The molecule has 0 bridgehead atoms. The number of carbonyl (C=O) groups excluding carboxylic acids is 1. The average Bonchev–Trinajstić information content (AvgIpc) is 2.26. The third-order valence-electron chi connectivity index (χ3n) is 1.76. The van der Waals surface area contributed by atoms with Crippen molar-refractivity contribution in [3.8, 4) is 17.6 Å². The summed E-state index contributed by atoms with van der Waals surface area (Å²) in [6.45, 7) is 1.75. The van der Waals surface area contributed by atoms with E-state index in [0.29, 0.717) is 23.7 Å². The first-order valence-corrected chi connectivity index (χ1v) is 4.66. The van der Waals surface area contributed by atoms with Gasteiger partial charge in [0.1, 0.15) is 0 Å². The van der Waals surface area contributed by atoms with Crippen LogP contribution in [0.4, 0.5) is 5.82 Å². The van der Waals surface area contributed by atoms with Crippen molar-refractivity contribution in [2.45, 2.75) is 6.92 Å². The molecule has 1 rings (SSSR count). The van der Waals surface area contributed by atoms with Crippen LogP contribution in [0.25, 0.3) is 0 Å². The quantitative estimate of drug-likeness (QED) is 0.695. The summed E-state index contributed by atoms with van der Waals surface area (Å²) in [4.78, 5) is 14.5. The number of nitrogens with two attached hydrogens (primary N) is 1. The van der Waals surface area contributed by atoms with Crippen LogP contribution < -0.4 is 15.8 Å². The maximum absolute atomic E-state index is 10.6. The number of amides is 1. The van der Waals surface area contributed by atoms with Crippen LogP contribution in [0.3, 0.4) is 0 Å². The SMILES string of the molecule is COc1cc(C#CCNC(C)=O)cnc1N. The normalized spacial score (nSPS) is 8.88. The third-order valence-corrected chi connectivity index (χ3v) is 1.76.